The van der Waals surface area contributed by atoms with Crippen molar-refractivity contribution in [1.82, 2.24) is 0 Å². The first-order valence-corrected chi connectivity index (χ1v) is 8.15. The Hall–Kier alpha value is -0.950. The second kappa shape index (κ2) is 7.89. The minimum Gasteiger partial charge on any atom is -0.495 e. The molecule has 5 nitrogen and oxygen atoms in total. The van der Waals surface area contributed by atoms with Crippen LogP contribution in [0.5, 0.6) is 5.75 Å². The maximum Gasteiger partial charge on any atom is 0.144 e. The van der Waals surface area contributed by atoms with E-state index in [1.807, 2.05) is 26.0 Å². The third-order valence-corrected chi connectivity index (χ3v) is 4.61. The number of hydrogen-bond donors (Lipinski definition) is 3. The van der Waals surface area contributed by atoms with Gasteiger partial charge < -0.3 is 21.0 Å². The predicted octanol–water partition coefficient (Wildman–Crippen LogP) is 4.18. The Labute approximate surface area is 142 Å². The van der Waals surface area contributed by atoms with E-state index >= 15 is 0 Å². The molecule has 1 rings (SSSR count). The van der Waals surface area contributed by atoms with E-state index < -0.39 is 0 Å². The van der Waals surface area contributed by atoms with E-state index in [-0.39, 0.29) is 11.3 Å². The minimum atomic E-state index is -0.314. The van der Waals surface area contributed by atoms with E-state index in [0.717, 1.165) is 39.8 Å². The lowest BCUT2D eigenvalue weighted by Gasteiger charge is -2.22. The van der Waals surface area contributed by atoms with Crippen molar-refractivity contribution in [3.05, 3.63) is 21.1 Å². The molecular weight excluding hydrogens is 402 g/mol. The highest BCUT2D eigenvalue weighted by atomic mass is 79.9. The van der Waals surface area contributed by atoms with Gasteiger partial charge in [0.15, 0.2) is 0 Å². The molecule has 0 saturated carbocycles. The van der Waals surface area contributed by atoms with Crippen LogP contribution < -0.4 is 15.8 Å². The zero-order valence-corrected chi connectivity index (χ0v) is 15.6. The molecule has 0 aliphatic carbocycles. The summed E-state index contributed by atoms with van der Waals surface area (Å²) in [6, 6.07) is 3.88. The van der Waals surface area contributed by atoms with Gasteiger partial charge in [-0.1, -0.05) is 19.0 Å². The molecule has 0 aliphatic heterocycles. The highest BCUT2D eigenvalue weighted by Gasteiger charge is 2.22. The maximum absolute atomic E-state index is 8.75. The predicted molar refractivity (Wildman–Crippen MR) is 93.3 cm³/mol. The number of methoxy groups -OCH3 is 1. The van der Waals surface area contributed by atoms with Crippen LogP contribution >= 0.6 is 31.9 Å². The van der Waals surface area contributed by atoms with Crippen LogP contribution in [0.2, 0.25) is 0 Å². The highest BCUT2D eigenvalue weighted by molar-refractivity contribution is 9.11. The second-order valence-corrected chi connectivity index (χ2v) is 7.07. The standard InChI is InChI=1S/C14H21Br2N3O2/c1-14(2,13(17)19-20)5-4-6-18-11-8-12(21-3)10(16)7-9(11)15/h7-8,18,20H,4-6H2,1-3H3,(H2,17,19). The maximum atomic E-state index is 8.75. The molecule has 0 fully saturated rings. The summed E-state index contributed by atoms with van der Waals surface area (Å²) < 4.78 is 7.14. The minimum absolute atomic E-state index is 0.258. The number of nitrogens with two attached hydrogens (primary N) is 1. The lowest BCUT2D eigenvalue weighted by molar-refractivity contribution is 0.305. The molecule has 118 valence electrons. The van der Waals surface area contributed by atoms with Crippen molar-refractivity contribution in [2.75, 3.05) is 19.0 Å². The highest BCUT2D eigenvalue weighted by Crippen LogP contribution is 2.34. The number of benzene rings is 1. The van der Waals surface area contributed by atoms with Gasteiger partial charge in [0, 0.05) is 22.5 Å². The number of nitrogens with one attached hydrogen (secondary N) is 1. The average molecular weight is 423 g/mol. The first-order valence-electron chi connectivity index (χ1n) is 6.56. The molecule has 0 aliphatic rings. The van der Waals surface area contributed by atoms with Crippen molar-refractivity contribution in [2.45, 2.75) is 26.7 Å². The van der Waals surface area contributed by atoms with E-state index in [4.69, 9.17) is 15.7 Å². The number of nitrogens with zero attached hydrogens (tertiary/aromatic N) is 1. The molecule has 1 aromatic rings. The number of halogens is 2. The Kier molecular flexibility index (Phi) is 6.80. The average Bonchev–Trinajstić information content (AvgIpc) is 2.44. The number of hydrogen-bond acceptors (Lipinski definition) is 4. The quantitative estimate of drug-likeness (QED) is 0.202. The van der Waals surface area contributed by atoms with Gasteiger partial charge in [0.05, 0.1) is 17.3 Å². The van der Waals surface area contributed by atoms with Gasteiger partial charge in [-0.3, -0.25) is 0 Å². The molecule has 0 atom stereocenters. The zero-order chi connectivity index (χ0) is 16.0. The van der Waals surface area contributed by atoms with Crippen molar-refractivity contribution in [1.29, 1.82) is 0 Å². The van der Waals surface area contributed by atoms with E-state index in [1.165, 1.54) is 0 Å². The molecule has 0 amide bonds. The van der Waals surface area contributed by atoms with Gasteiger partial charge >= 0.3 is 0 Å². The summed E-state index contributed by atoms with van der Waals surface area (Å²) in [6.45, 7) is 4.70. The molecule has 0 saturated heterocycles. The molecule has 0 radical (unpaired) electrons. The molecular formula is C14H21Br2N3O2. The van der Waals surface area contributed by atoms with Gasteiger partial charge in [0.2, 0.25) is 0 Å². The molecule has 0 aromatic heterocycles. The largest absolute Gasteiger partial charge is 0.495 e. The Morgan fingerprint density at radius 1 is 1.38 bits per heavy atom. The summed E-state index contributed by atoms with van der Waals surface area (Å²) >= 11 is 6.96. The Morgan fingerprint density at radius 3 is 2.62 bits per heavy atom. The lowest BCUT2D eigenvalue weighted by Crippen LogP contribution is -2.32. The van der Waals surface area contributed by atoms with Gasteiger partial charge in [0.1, 0.15) is 11.6 Å². The Bertz CT molecular complexity index is 519. The van der Waals surface area contributed by atoms with Gasteiger partial charge in [0.25, 0.3) is 0 Å². The summed E-state index contributed by atoms with van der Waals surface area (Å²) in [7, 11) is 1.64. The molecule has 0 bridgehead atoms. The van der Waals surface area contributed by atoms with Gasteiger partial charge in [-0.2, -0.15) is 0 Å². The topological polar surface area (TPSA) is 79.9 Å². The summed E-state index contributed by atoms with van der Waals surface area (Å²) in [5.74, 6) is 1.03. The number of oxime groups is 1. The second-order valence-electron chi connectivity index (χ2n) is 5.37. The van der Waals surface area contributed by atoms with Crippen LogP contribution in [-0.2, 0) is 0 Å². The normalized spacial score (nSPS) is 12.3. The summed E-state index contributed by atoms with van der Waals surface area (Å²) in [6.07, 6.45) is 1.72. The molecule has 7 heteroatoms. The summed E-state index contributed by atoms with van der Waals surface area (Å²) in [4.78, 5) is 0. The molecule has 0 spiro atoms. The molecule has 1 aromatic carbocycles. The number of rotatable bonds is 7. The van der Waals surface area contributed by atoms with Crippen LogP contribution in [-0.4, -0.2) is 24.7 Å². The van der Waals surface area contributed by atoms with Crippen molar-refractivity contribution >= 4 is 43.4 Å². The van der Waals surface area contributed by atoms with Crippen LogP contribution in [0.15, 0.2) is 26.2 Å². The van der Waals surface area contributed by atoms with Crippen LogP contribution in [0.4, 0.5) is 5.69 Å². The van der Waals surface area contributed by atoms with Crippen LogP contribution in [0, 0.1) is 5.41 Å². The fourth-order valence-corrected chi connectivity index (χ4v) is 3.13. The van der Waals surface area contributed by atoms with E-state index in [1.54, 1.807) is 7.11 Å². The fourth-order valence-electron chi connectivity index (χ4n) is 1.84. The van der Waals surface area contributed by atoms with Crippen molar-refractivity contribution in [3.63, 3.8) is 0 Å². The van der Waals surface area contributed by atoms with Gasteiger partial charge in [-0.15, -0.1) is 0 Å². The van der Waals surface area contributed by atoms with Crippen LogP contribution in [0.25, 0.3) is 0 Å². The Morgan fingerprint density at radius 2 is 2.05 bits per heavy atom. The van der Waals surface area contributed by atoms with E-state index in [2.05, 4.69) is 42.3 Å². The van der Waals surface area contributed by atoms with Gasteiger partial charge in [-0.05, 0) is 50.8 Å². The smallest absolute Gasteiger partial charge is 0.144 e. The Balaban J connectivity index is 2.57. The van der Waals surface area contributed by atoms with E-state index in [9.17, 15) is 0 Å². The molecule has 4 N–H and O–H groups in total. The molecule has 21 heavy (non-hydrogen) atoms. The third-order valence-electron chi connectivity index (χ3n) is 3.34. The SMILES string of the molecule is COc1cc(NCCCC(C)(C)/C(N)=N/O)c(Br)cc1Br. The third kappa shape index (κ3) is 5.07. The van der Waals surface area contributed by atoms with Gasteiger partial charge in [-0.25, -0.2) is 0 Å². The van der Waals surface area contributed by atoms with Crippen molar-refractivity contribution in [2.24, 2.45) is 16.3 Å². The lowest BCUT2D eigenvalue weighted by atomic mass is 9.86. The van der Waals surface area contributed by atoms with Crippen LogP contribution in [0.1, 0.15) is 26.7 Å². The number of amidine groups is 1. The molecule has 0 unspecified atom stereocenters. The van der Waals surface area contributed by atoms with Crippen molar-refractivity contribution < 1.29 is 9.94 Å². The number of anilines is 1. The van der Waals surface area contributed by atoms with Crippen molar-refractivity contribution in [3.8, 4) is 5.75 Å². The number of ether oxygens (including phenoxy) is 1. The fraction of sp³-hybridized carbons (Fsp3) is 0.500. The van der Waals surface area contributed by atoms with Crippen LogP contribution in [0.3, 0.4) is 0 Å². The summed E-state index contributed by atoms with van der Waals surface area (Å²) in [5.41, 5.74) is 6.33. The monoisotopic (exact) mass is 421 g/mol. The molecule has 0 heterocycles. The first kappa shape index (κ1) is 18.1. The zero-order valence-electron chi connectivity index (χ0n) is 12.4. The first-order chi connectivity index (χ1) is 9.81. The summed E-state index contributed by atoms with van der Waals surface area (Å²) in [5, 5.41) is 15.2. The van der Waals surface area contributed by atoms with E-state index in [0.29, 0.717) is 0 Å².